The Morgan fingerprint density at radius 1 is 0.618 bits per heavy atom. The van der Waals surface area contributed by atoms with E-state index < -0.39 is 35.7 Å². The van der Waals surface area contributed by atoms with Crippen molar-refractivity contribution in [2.45, 2.75) is 98.3 Å². The summed E-state index contributed by atoms with van der Waals surface area (Å²) in [6, 6.07) is 0. The van der Waals surface area contributed by atoms with E-state index >= 15 is 0 Å². The van der Waals surface area contributed by atoms with Crippen molar-refractivity contribution in [2.75, 3.05) is 26.2 Å². The molecule has 34 heavy (non-hydrogen) atoms. The molecule has 0 saturated carbocycles. The molecule has 0 amide bonds. The van der Waals surface area contributed by atoms with Gasteiger partial charge in [-0.05, 0) is 53.4 Å². The van der Waals surface area contributed by atoms with Crippen LogP contribution in [0, 0.1) is 17.8 Å². The van der Waals surface area contributed by atoms with Crippen LogP contribution >= 0.6 is 0 Å². The molecular weight excluding hydrogens is 434 g/mol. The van der Waals surface area contributed by atoms with E-state index in [4.69, 9.17) is 0 Å². The second-order valence-electron chi connectivity index (χ2n) is 10.2. The number of carboxylic acid groups (broad SMARTS) is 3. The van der Waals surface area contributed by atoms with Gasteiger partial charge in [0.1, 0.15) is 17.8 Å². The molecule has 0 aromatic heterocycles. The molecule has 3 atom stereocenters. The predicted molar refractivity (Wildman–Crippen MR) is 136 cm³/mol. The molecule has 3 unspecified atom stereocenters. The second kappa shape index (κ2) is 18.4. The molecule has 7 heteroatoms. The lowest BCUT2D eigenvalue weighted by Crippen LogP contribution is -2.57. The number of carbonyl (C=O) groups is 3. The van der Waals surface area contributed by atoms with Crippen LogP contribution in [0.3, 0.4) is 0 Å². The Morgan fingerprint density at radius 3 is 1.26 bits per heavy atom. The average molecular weight is 485 g/mol. The van der Waals surface area contributed by atoms with Gasteiger partial charge < -0.3 is 19.8 Å². The molecule has 0 bridgehead atoms. The van der Waals surface area contributed by atoms with Crippen LogP contribution in [0.2, 0.25) is 0 Å². The molecule has 0 aliphatic heterocycles. The zero-order valence-corrected chi connectivity index (χ0v) is 22.0. The molecule has 0 aliphatic rings. The number of hydrogen-bond acceptors (Lipinski definition) is 3. The fraction of sp³-hybridized carbons (Fsp3) is 0.815. The summed E-state index contributed by atoms with van der Waals surface area (Å²) in [6.45, 7) is 8.27. The first-order valence-electron chi connectivity index (χ1n) is 13.2. The number of nitrogens with zero attached hydrogens (tertiary/aromatic N) is 1. The summed E-state index contributed by atoms with van der Waals surface area (Å²) in [5, 5.41) is 28.4. The van der Waals surface area contributed by atoms with Crippen molar-refractivity contribution in [3.63, 3.8) is 0 Å². The van der Waals surface area contributed by atoms with E-state index in [0.717, 1.165) is 19.3 Å². The molecule has 0 radical (unpaired) electrons. The SMILES string of the molecule is C/C=C/CCCCCCCCCCCC[N+](CC(C)C(=O)O)(CC(C)C(=O)O)CC(C)C(=O)O. The zero-order valence-electron chi connectivity index (χ0n) is 22.0. The largest absolute Gasteiger partial charge is 0.481 e. The van der Waals surface area contributed by atoms with E-state index in [1.165, 1.54) is 51.4 Å². The van der Waals surface area contributed by atoms with Crippen molar-refractivity contribution in [2.24, 2.45) is 17.8 Å². The summed E-state index contributed by atoms with van der Waals surface area (Å²) in [6.07, 6.45) is 17.2. The Morgan fingerprint density at radius 2 is 0.941 bits per heavy atom. The topological polar surface area (TPSA) is 112 Å². The van der Waals surface area contributed by atoms with Crippen LogP contribution in [0.25, 0.3) is 0 Å². The van der Waals surface area contributed by atoms with Crippen LogP contribution < -0.4 is 0 Å². The molecule has 0 rings (SSSR count). The first kappa shape index (κ1) is 32.1. The van der Waals surface area contributed by atoms with E-state index in [1.54, 1.807) is 20.8 Å². The van der Waals surface area contributed by atoms with E-state index in [-0.39, 0.29) is 24.1 Å². The van der Waals surface area contributed by atoms with E-state index in [9.17, 15) is 29.7 Å². The number of allylic oxidation sites excluding steroid dienone is 2. The lowest BCUT2D eigenvalue weighted by molar-refractivity contribution is -0.934. The molecule has 0 aromatic rings. The van der Waals surface area contributed by atoms with Gasteiger partial charge in [-0.25, -0.2) is 0 Å². The number of unbranched alkanes of at least 4 members (excludes halogenated alkanes) is 10. The molecule has 0 aromatic carbocycles. The minimum atomic E-state index is -0.935. The molecule has 7 nitrogen and oxygen atoms in total. The first-order chi connectivity index (χ1) is 16.0. The van der Waals surface area contributed by atoms with Gasteiger partial charge in [0.25, 0.3) is 0 Å². The van der Waals surface area contributed by atoms with Gasteiger partial charge in [0.2, 0.25) is 0 Å². The lowest BCUT2D eigenvalue weighted by atomic mass is 10.00. The zero-order chi connectivity index (χ0) is 26.0. The predicted octanol–water partition coefficient (Wildman–Crippen LogP) is 5.83. The summed E-state index contributed by atoms with van der Waals surface area (Å²) >= 11 is 0. The fourth-order valence-electron chi connectivity index (χ4n) is 4.76. The molecule has 0 saturated heterocycles. The molecule has 0 spiro atoms. The standard InChI is InChI=1S/C27H49NO6/c1-5-6-7-8-9-10-11-12-13-14-15-16-17-18-28(19-22(2)25(29)30,20-23(3)26(31)32)21-24(4)27(33)34/h5-6,22-24H,7-21H2,1-4H3,(H2-,29,30,31,32,33,34)/p+1/b6-5+. The van der Waals surface area contributed by atoms with Crippen LogP contribution in [-0.4, -0.2) is 63.9 Å². The molecule has 0 heterocycles. The summed E-state index contributed by atoms with van der Waals surface area (Å²) in [5.41, 5.74) is 0. The minimum absolute atomic E-state index is 0.224. The van der Waals surface area contributed by atoms with Gasteiger partial charge in [-0.15, -0.1) is 0 Å². The summed E-state index contributed by atoms with van der Waals surface area (Å²) in [4.78, 5) is 34.7. The Bertz CT molecular complexity index is 563. The van der Waals surface area contributed by atoms with Gasteiger partial charge in [-0.3, -0.25) is 14.4 Å². The molecule has 198 valence electrons. The van der Waals surface area contributed by atoms with Gasteiger partial charge in [-0.1, -0.05) is 57.1 Å². The highest BCUT2D eigenvalue weighted by Gasteiger charge is 2.38. The lowest BCUT2D eigenvalue weighted by Gasteiger charge is -2.42. The van der Waals surface area contributed by atoms with Crippen molar-refractivity contribution in [1.82, 2.24) is 0 Å². The van der Waals surface area contributed by atoms with Crippen LogP contribution in [0.15, 0.2) is 12.2 Å². The smallest absolute Gasteiger partial charge is 0.311 e. The second-order valence-corrected chi connectivity index (χ2v) is 10.2. The molecule has 0 aliphatic carbocycles. The molecule has 0 fully saturated rings. The number of hydrogen-bond donors (Lipinski definition) is 3. The summed E-state index contributed by atoms with van der Waals surface area (Å²) in [5.74, 6) is -4.80. The van der Waals surface area contributed by atoms with Crippen LogP contribution in [-0.2, 0) is 14.4 Å². The Balaban J connectivity index is 4.72. The third kappa shape index (κ3) is 15.1. The van der Waals surface area contributed by atoms with Crippen LogP contribution in [0.4, 0.5) is 0 Å². The van der Waals surface area contributed by atoms with Crippen molar-refractivity contribution in [3.05, 3.63) is 12.2 Å². The van der Waals surface area contributed by atoms with Gasteiger partial charge in [0.05, 0.1) is 26.2 Å². The van der Waals surface area contributed by atoms with Crippen molar-refractivity contribution in [1.29, 1.82) is 0 Å². The third-order valence-electron chi connectivity index (χ3n) is 6.74. The van der Waals surface area contributed by atoms with Crippen LogP contribution in [0.1, 0.15) is 98.3 Å². The maximum absolute atomic E-state index is 11.6. The number of carboxylic acids is 3. The fourth-order valence-corrected chi connectivity index (χ4v) is 4.76. The third-order valence-corrected chi connectivity index (χ3v) is 6.74. The minimum Gasteiger partial charge on any atom is -0.481 e. The Kier molecular flexibility index (Phi) is 17.4. The van der Waals surface area contributed by atoms with Crippen molar-refractivity contribution in [3.8, 4) is 0 Å². The van der Waals surface area contributed by atoms with Crippen molar-refractivity contribution >= 4 is 17.9 Å². The Hall–Kier alpha value is -1.89. The van der Waals surface area contributed by atoms with Gasteiger partial charge in [0.15, 0.2) is 0 Å². The van der Waals surface area contributed by atoms with Gasteiger partial charge in [0, 0.05) is 0 Å². The first-order valence-corrected chi connectivity index (χ1v) is 13.2. The number of aliphatic carboxylic acids is 3. The molecule has 3 N–H and O–H groups in total. The maximum Gasteiger partial charge on any atom is 0.311 e. The number of rotatable bonds is 22. The van der Waals surface area contributed by atoms with E-state index in [1.807, 2.05) is 0 Å². The average Bonchev–Trinajstić information content (AvgIpc) is 2.76. The van der Waals surface area contributed by atoms with E-state index in [0.29, 0.717) is 6.54 Å². The monoisotopic (exact) mass is 484 g/mol. The quantitative estimate of drug-likeness (QED) is 0.101. The van der Waals surface area contributed by atoms with E-state index in [2.05, 4.69) is 19.1 Å². The maximum atomic E-state index is 11.6. The normalized spacial score (nSPS) is 16.1. The summed E-state index contributed by atoms with van der Waals surface area (Å²) in [7, 11) is 0. The van der Waals surface area contributed by atoms with Crippen LogP contribution in [0.5, 0.6) is 0 Å². The van der Waals surface area contributed by atoms with Gasteiger partial charge in [-0.2, -0.15) is 0 Å². The number of quaternary nitrogens is 1. The Labute approximate surface area is 206 Å². The highest BCUT2D eigenvalue weighted by atomic mass is 16.4. The van der Waals surface area contributed by atoms with Crippen molar-refractivity contribution < 1.29 is 34.2 Å². The highest BCUT2D eigenvalue weighted by molar-refractivity contribution is 5.70. The van der Waals surface area contributed by atoms with Gasteiger partial charge >= 0.3 is 17.9 Å². The summed E-state index contributed by atoms with van der Waals surface area (Å²) < 4.78 is 0.224. The highest BCUT2D eigenvalue weighted by Crippen LogP contribution is 2.22. The molecular formula is C27H50NO6+.